The molecule has 1 aliphatic heterocycles. The van der Waals surface area contributed by atoms with Crippen molar-refractivity contribution in [2.75, 3.05) is 29.4 Å². The molecule has 2 aromatic heterocycles. The van der Waals surface area contributed by atoms with Crippen molar-refractivity contribution >= 4 is 11.8 Å². The predicted molar refractivity (Wildman–Crippen MR) is 94.4 cm³/mol. The summed E-state index contributed by atoms with van der Waals surface area (Å²) in [6.07, 6.45) is 0.995. The Hall–Kier alpha value is -2.32. The summed E-state index contributed by atoms with van der Waals surface area (Å²) in [4.78, 5) is 21.9. The Morgan fingerprint density at radius 3 is 2.76 bits per heavy atom. The number of nitrogens with zero attached hydrogens (tertiary/aromatic N) is 6. The number of aromatic nitrogens is 4. The van der Waals surface area contributed by atoms with Crippen LogP contribution < -0.4 is 9.80 Å². The van der Waals surface area contributed by atoms with E-state index in [0.717, 1.165) is 31.1 Å². The second-order valence-corrected chi connectivity index (χ2v) is 6.40. The predicted octanol–water partition coefficient (Wildman–Crippen LogP) is 0.836. The van der Waals surface area contributed by atoms with Gasteiger partial charge in [0.1, 0.15) is 11.9 Å². The van der Waals surface area contributed by atoms with Crippen LogP contribution in [0.1, 0.15) is 37.2 Å². The average Bonchev–Trinajstić information content (AvgIpc) is 2.61. The molecule has 0 saturated carbocycles. The van der Waals surface area contributed by atoms with Crippen LogP contribution in [0, 0.1) is 6.92 Å². The molecule has 0 bridgehead atoms. The molecular formula is C17H24N6O2. The van der Waals surface area contributed by atoms with E-state index in [-0.39, 0.29) is 12.6 Å². The molecular weight excluding hydrogens is 320 g/mol. The monoisotopic (exact) mass is 344 g/mol. The van der Waals surface area contributed by atoms with Crippen molar-refractivity contribution in [3.8, 4) is 0 Å². The van der Waals surface area contributed by atoms with E-state index in [9.17, 15) is 10.2 Å². The standard InChI is InChI=1S/C17H24N6O2/c1-11-8-14(10-24)20-17(19-11)23-7-6-22(9-12(23)2)15-4-5-18-16(21-15)13(3)25/h4-5,8,12-13,24-25H,6-7,9-10H2,1-3H3/t12-,13-/m1/s1. The lowest BCUT2D eigenvalue weighted by atomic mass is 10.2. The van der Waals surface area contributed by atoms with Crippen molar-refractivity contribution < 1.29 is 10.2 Å². The smallest absolute Gasteiger partial charge is 0.226 e. The van der Waals surface area contributed by atoms with Crippen LogP contribution in [-0.2, 0) is 6.61 Å². The highest BCUT2D eigenvalue weighted by molar-refractivity contribution is 5.43. The molecule has 3 heterocycles. The first-order chi connectivity index (χ1) is 12.0. The van der Waals surface area contributed by atoms with Gasteiger partial charge in [-0.15, -0.1) is 0 Å². The average molecular weight is 344 g/mol. The minimum Gasteiger partial charge on any atom is -0.390 e. The number of hydrogen-bond acceptors (Lipinski definition) is 8. The molecule has 3 rings (SSSR count). The Morgan fingerprint density at radius 2 is 2.08 bits per heavy atom. The van der Waals surface area contributed by atoms with E-state index in [1.165, 1.54) is 0 Å². The maximum atomic E-state index is 9.68. The van der Waals surface area contributed by atoms with E-state index in [4.69, 9.17) is 0 Å². The molecule has 25 heavy (non-hydrogen) atoms. The summed E-state index contributed by atoms with van der Waals surface area (Å²) in [5, 5.41) is 19.0. The van der Waals surface area contributed by atoms with E-state index < -0.39 is 6.10 Å². The fourth-order valence-corrected chi connectivity index (χ4v) is 3.03. The lowest BCUT2D eigenvalue weighted by molar-refractivity contribution is 0.189. The Balaban J connectivity index is 1.77. The van der Waals surface area contributed by atoms with Gasteiger partial charge in [0.15, 0.2) is 5.82 Å². The Bertz CT molecular complexity index is 739. The second-order valence-electron chi connectivity index (χ2n) is 6.40. The topological polar surface area (TPSA) is 98.5 Å². The van der Waals surface area contributed by atoms with Gasteiger partial charge in [-0.2, -0.15) is 0 Å². The minimum absolute atomic E-state index is 0.0895. The molecule has 2 atom stereocenters. The van der Waals surface area contributed by atoms with Crippen LogP contribution in [0.25, 0.3) is 0 Å². The molecule has 2 N–H and O–H groups in total. The number of aliphatic hydroxyl groups is 2. The first-order valence-electron chi connectivity index (χ1n) is 8.46. The van der Waals surface area contributed by atoms with Crippen LogP contribution in [-0.4, -0.2) is 55.8 Å². The SMILES string of the molecule is Cc1cc(CO)nc(N2CCN(c3ccnc([C@@H](C)O)n3)C[C@H]2C)n1. The van der Waals surface area contributed by atoms with Crippen molar-refractivity contribution in [1.82, 2.24) is 19.9 Å². The Kier molecular flexibility index (Phi) is 5.10. The summed E-state index contributed by atoms with van der Waals surface area (Å²) in [7, 11) is 0. The normalized spacial score (nSPS) is 19.2. The summed E-state index contributed by atoms with van der Waals surface area (Å²) in [5.41, 5.74) is 1.48. The van der Waals surface area contributed by atoms with Crippen molar-refractivity contribution in [2.24, 2.45) is 0 Å². The lowest BCUT2D eigenvalue weighted by Crippen LogP contribution is -2.53. The third kappa shape index (κ3) is 3.85. The molecule has 0 radical (unpaired) electrons. The van der Waals surface area contributed by atoms with E-state index in [1.54, 1.807) is 19.2 Å². The summed E-state index contributed by atoms with van der Waals surface area (Å²) in [6.45, 7) is 7.89. The van der Waals surface area contributed by atoms with Crippen LogP contribution >= 0.6 is 0 Å². The van der Waals surface area contributed by atoms with E-state index in [1.807, 2.05) is 13.0 Å². The molecule has 8 nitrogen and oxygen atoms in total. The molecule has 1 aliphatic rings. The van der Waals surface area contributed by atoms with Gasteiger partial charge in [0, 0.05) is 37.6 Å². The van der Waals surface area contributed by atoms with E-state index in [2.05, 4.69) is 36.7 Å². The maximum Gasteiger partial charge on any atom is 0.226 e. The highest BCUT2D eigenvalue weighted by Gasteiger charge is 2.27. The third-order valence-corrected chi connectivity index (χ3v) is 4.30. The number of rotatable bonds is 4. The highest BCUT2D eigenvalue weighted by Crippen LogP contribution is 2.22. The molecule has 1 fully saturated rings. The molecule has 0 amide bonds. The first-order valence-corrected chi connectivity index (χ1v) is 8.46. The molecule has 0 aromatic carbocycles. The van der Waals surface area contributed by atoms with Gasteiger partial charge in [-0.25, -0.2) is 19.9 Å². The van der Waals surface area contributed by atoms with Gasteiger partial charge >= 0.3 is 0 Å². The highest BCUT2D eigenvalue weighted by atomic mass is 16.3. The van der Waals surface area contributed by atoms with Crippen molar-refractivity contribution in [3.63, 3.8) is 0 Å². The number of piperazine rings is 1. The van der Waals surface area contributed by atoms with E-state index in [0.29, 0.717) is 17.5 Å². The van der Waals surface area contributed by atoms with Crippen molar-refractivity contribution in [2.45, 2.75) is 39.5 Å². The van der Waals surface area contributed by atoms with Gasteiger partial charge in [0.2, 0.25) is 5.95 Å². The summed E-state index contributed by atoms with van der Waals surface area (Å²) < 4.78 is 0. The quantitative estimate of drug-likeness (QED) is 0.842. The van der Waals surface area contributed by atoms with Crippen LogP contribution in [0.5, 0.6) is 0 Å². The first kappa shape index (κ1) is 17.5. The van der Waals surface area contributed by atoms with Crippen molar-refractivity contribution in [1.29, 1.82) is 0 Å². The van der Waals surface area contributed by atoms with E-state index >= 15 is 0 Å². The number of aryl methyl sites for hydroxylation is 1. The zero-order valence-corrected chi connectivity index (χ0v) is 14.8. The van der Waals surface area contributed by atoms with Gasteiger partial charge in [0.05, 0.1) is 12.3 Å². The molecule has 134 valence electrons. The number of anilines is 2. The Morgan fingerprint density at radius 1 is 1.28 bits per heavy atom. The molecule has 0 spiro atoms. The minimum atomic E-state index is -0.684. The molecule has 0 unspecified atom stereocenters. The van der Waals surface area contributed by atoms with Crippen LogP contribution in [0.3, 0.4) is 0 Å². The fraction of sp³-hybridized carbons (Fsp3) is 0.529. The van der Waals surface area contributed by atoms with Gasteiger partial charge in [-0.05, 0) is 32.9 Å². The maximum absolute atomic E-state index is 9.68. The van der Waals surface area contributed by atoms with Gasteiger partial charge in [-0.3, -0.25) is 0 Å². The van der Waals surface area contributed by atoms with Gasteiger partial charge in [-0.1, -0.05) is 0 Å². The zero-order chi connectivity index (χ0) is 18.0. The van der Waals surface area contributed by atoms with Crippen LogP contribution in [0.4, 0.5) is 11.8 Å². The number of aliphatic hydroxyl groups excluding tert-OH is 2. The largest absolute Gasteiger partial charge is 0.390 e. The molecule has 0 aliphatic carbocycles. The fourth-order valence-electron chi connectivity index (χ4n) is 3.03. The molecule has 2 aromatic rings. The van der Waals surface area contributed by atoms with Crippen LogP contribution in [0.15, 0.2) is 18.3 Å². The second kappa shape index (κ2) is 7.28. The van der Waals surface area contributed by atoms with Gasteiger partial charge < -0.3 is 20.0 Å². The summed E-state index contributed by atoms with van der Waals surface area (Å²) in [5.74, 6) is 1.91. The lowest BCUT2D eigenvalue weighted by Gasteiger charge is -2.40. The summed E-state index contributed by atoms with van der Waals surface area (Å²) in [6, 6.07) is 3.84. The zero-order valence-electron chi connectivity index (χ0n) is 14.8. The third-order valence-electron chi connectivity index (χ3n) is 4.30. The number of hydrogen-bond donors (Lipinski definition) is 2. The molecule has 1 saturated heterocycles. The Labute approximate surface area is 147 Å². The summed E-state index contributed by atoms with van der Waals surface area (Å²) >= 11 is 0. The van der Waals surface area contributed by atoms with Crippen molar-refractivity contribution in [3.05, 3.63) is 35.5 Å². The van der Waals surface area contributed by atoms with Gasteiger partial charge in [0.25, 0.3) is 0 Å². The van der Waals surface area contributed by atoms with Crippen LogP contribution in [0.2, 0.25) is 0 Å². The molecule has 8 heteroatoms.